The van der Waals surface area contributed by atoms with Crippen LogP contribution in [0.1, 0.15) is 17.7 Å². The molecule has 24 heavy (non-hydrogen) atoms. The quantitative estimate of drug-likeness (QED) is 0.810. The molecule has 2 rings (SSSR count). The van der Waals surface area contributed by atoms with Crippen LogP contribution in [-0.4, -0.2) is 18.5 Å². The minimum atomic E-state index is -0.898. The molecule has 0 unspecified atom stereocenters. The third-order valence-electron chi connectivity index (χ3n) is 3.05. The first-order chi connectivity index (χ1) is 11.5. The van der Waals surface area contributed by atoms with E-state index in [1.165, 1.54) is 0 Å². The van der Waals surface area contributed by atoms with Crippen LogP contribution in [0.2, 0.25) is 0 Å². The van der Waals surface area contributed by atoms with Crippen LogP contribution < -0.4 is 10.6 Å². The lowest BCUT2D eigenvalue weighted by Crippen LogP contribution is -2.41. The van der Waals surface area contributed by atoms with Crippen molar-refractivity contribution in [1.29, 1.82) is 0 Å². The maximum atomic E-state index is 13.9. The topological polar surface area (TPSA) is 58.2 Å². The summed E-state index contributed by atoms with van der Waals surface area (Å²) >= 11 is 0.844. The number of rotatable bonds is 5. The second-order valence-electron chi connectivity index (χ2n) is 4.83. The molecule has 0 aliphatic heterocycles. The Kier molecular flexibility index (Phi) is 6.31. The van der Waals surface area contributed by atoms with Crippen molar-refractivity contribution in [2.24, 2.45) is 0 Å². The van der Waals surface area contributed by atoms with Crippen molar-refractivity contribution >= 4 is 23.7 Å². The van der Waals surface area contributed by atoms with E-state index in [9.17, 15) is 18.4 Å². The molecule has 0 aliphatic rings. The highest BCUT2D eigenvalue weighted by Crippen LogP contribution is 2.37. The van der Waals surface area contributed by atoms with Crippen molar-refractivity contribution < 1.29 is 18.4 Å². The Morgan fingerprint density at radius 2 is 1.83 bits per heavy atom. The molecule has 2 aromatic rings. The van der Waals surface area contributed by atoms with E-state index in [-0.39, 0.29) is 4.90 Å². The van der Waals surface area contributed by atoms with Crippen molar-refractivity contribution in [1.82, 2.24) is 10.6 Å². The second kappa shape index (κ2) is 8.44. The van der Waals surface area contributed by atoms with Gasteiger partial charge in [0.2, 0.25) is 5.91 Å². The van der Waals surface area contributed by atoms with Crippen LogP contribution >= 0.6 is 11.8 Å². The van der Waals surface area contributed by atoms with Gasteiger partial charge in [-0.25, -0.2) is 13.6 Å². The molecule has 3 amide bonds. The average Bonchev–Trinajstić information content (AvgIpc) is 2.56. The van der Waals surface area contributed by atoms with Crippen LogP contribution in [0.15, 0.2) is 53.4 Å². The molecule has 2 N–H and O–H groups in total. The number of imide groups is 1. The van der Waals surface area contributed by atoms with Gasteiger partial charge in [-0.2, -0.15) is 0 Å². The summed E-state index contributed by atoms with van der Waals surface area (Å²) in [5, 5.41) is 3.76. The molecule has 0 bridgehead atoms. The Morgan fingerprint density at radius 1 is 1.12 bits per heavy atom. The number of hydrogen-bond acceptors (Lipinski definition) is 3. The molecular weight excluding hydrogens is 334 g/mol. The van der Waals surface area contributed by atoms with E-state index in [1.54, 1.807) is 37.3 Å². The van der Waals surface area contributed by atoms with E-state index in [4.69, 9.17) is 0 Å². The summed E-state index contributed by atoms with van der Waals surface area (Å²) in [6.45, 7) is 2.08. The maximum absolute atomic E-state index is 13.9. The highest BCUT2D eigenvalue weighted by molar-refractivity contribution is 8.00. The first-order valence-corrected chi connectivity index (χ1v) is 8.14. The van der Waals surface area contributed by atoms with E-state index in [1.807, 2.05) is 0 Å². The predicted molar refractivity (Wildman–Crippen MR) is 88.6 cm³/mol. The highest BCUT2D eigenvalue weighted by Gasteiger charge is 2.25. The van der Waals surface area contributed by atoms with Gasteiger partial charge in [0.25, 0.3) is 0 Å². The third kappa shape index (κ3) is 4.79. The van der Waals surface area contributed by atoms with Gasteiger partial charge in [-0.3, -0.25) is 10.1 Å². The molecule has 0 spiro atoms. The van der Waals surface area contributed by atoms with E-state index in [0.717, 1.165) is 30.0 Å². The minimum absolute atomic E-state index is 0.00472. The first kappa shape index (κ1) is 17.9. The lowest BCUT2D eigenvalue weighted by Gasteiger charge is -2.17. The molecule has 1 atom stereocenters. The Balaban J connectivity index is 2.28. The fraction of sp³-hybridized carbons (Fsp3) is 0.176. The fourth-order valence-electron chi connectivity index (χ4n) is 1.98. The predicted octanol–water partition coefficient (Wildman–Crippen LogP) is 3.64. The van der Waals surface area contributed by atoms with E-state index in [2.05, 4.69) is 10.6 Å². The first-order valence-electron chi connectivity index (χ1n) is 7.26. The maximum Gasteiger partial charge on any atom is 0.321 e. The smallest absolute Gasteiger partial charge is 0.321 e. The number of thioether (sulfide) groups is 1. The molecule has 4 nitrogen and oxygen atoms in total. The van der Waals surface area contributed by atoms with Crippen molar-refractivity contribution in [3.8, 4) is 0 Å². The monoisotopic (exact) mass is 350 g/mol. The molecule has 7 heteroatoms. The number of carbonyl (C=O) groups excluding carboxylic acids is 2. The van der Waals surface area contributed by atoms with Crippen LogP contribution in [0, 0.1) is 11.6 Å². The summed E-state index contributed by atoms with van der Waals surface area (Å²) in [6, 6.07) is 11.0. The zero-order valence-electron chi connectivity index (χ0n) is 12.9. The molecule has 126 valence electrons. The van der Waals surface area contributed by atoms with Gasteiger partial charge < -0.3 is 5.32 Å². The van der Waals surface area contributed by atoms with Crippen LogP contribution in [0.4, 0.5) is 13.6 Å². The SMILES string of the molecule is CCNC(=O)NC(=O)[C@@H](Sc1cc(F)ccc1F)c1ccccc1. The van der Waals surface area contributed by atoms with Gasteiger partial charge in [0.1, 0.15) is 16.9 Å². The Hall–Kier alpha value is -2.41. The van der Waals surface area contributed by atoms with Gasteiger partial charge in [-0.05, 0) is 30.7 Å². The fourth-order valence-corrected chi connectivity index (χ4v) is 3.05. The van der Waals surface area contributed by atoms with Gasteiger partial charge in [0.05, 0.1) is 0 Å². The molecule has 0 aliphatic carbocycles. The number of halogens is 2. The van der Waals surface area contributed by atoms with Gasteiger partial charge in [0, 0.05) is 11.4 Å². The summed E-state index contributed by atoms with van der Waals surface area (Å²) in [6.07, 6.45) is 0. The lowest BCUT2D eigenvalue weighted by molar-refractivity contribution is -0.119. The van der Waals surface area contributed by atoms with Crippen LogP contribution in [0.3, 0.4) is 0 Å². The van der Waals surface area contributed by atoms with Gasteiger partial charge in [0.15, 0.2) is 0 Å². The van der Waals surface area contributed by atoms with Crippen LogP contribution in [0.25, 0.3) is 0 Å². The highest BCUT2D eigenvalue weighted by atomic mass is 32.2. The summed E-state index contributed by atoms with van der Waals surface area (Å²) in [7, 11) is 0. The molecule has 0 aromatic heterocycles. The van der Waals surface area contributed by atoms with Crippen molar-refractivity contribution in [3.63, 3.8) is 0 Å². The van der Waals surface area contributed by atoms with E-state index < -0.39 is 28.8 Å². The van der Waals surface area contributed by atoms with Crippen molar-refractivity contribution in [2.75, 3.05) is 6.54 Å². The number of nitrogens with one attached hydrogen (secondary N) is 2. The summed E-state index contributed by atoms with van der Waals surface area (Å²) in [4.78, 5) is 24.0. The molecule has 2 aromatic carbocycles. The summed E-state index contributed by atoms with van der Waals surface area (Å²) < 4.78 is 27.3. The average molecular weight is 350 g/mol. The van der Waals surface area contributed by atoms with Gasteiger partial charge in [-0.1, -0.05) is 30.3 Å². The van der Waals surface area contributed by atoms with Crippen molar-refractivity contribution in [3.05, 3.63) is 65.7 Å². The number of urea groups is 1. The molecule has 0 saturated carbocycles. The third-order valence-corrected chi connectivity index (χ3v) is 4.34. The van der Waals surface area contributed by atoms with Gasteiger partial charge in [-0.15, -0.1) is 11.8 Å². The number of amides is 3. The molecule has 0 saturated heterocycles. The second-order valence-corrected chi connectivity index (χ2v) is 5.98. The van der Waals surface area contributed by atoms with Crippen molar-refractivity contribution in [2.45, 2.75) is 17.1 Å². The largest absolute Gasteiger partial charge is 0.338 e. The standard InChI is InChI=1S/C17H16F2N2O2S/c1-2-20-17(23)21-16(22)15(11-6-4-3-5-7-11)24-14-10-12(18)8-9-13(14)19/h3-10,15H,2H2,1H3,(H2,20,21,22,23)/t15-/m0/s1. The van der Waals surface area contributed by atoms with E-state index >= 15 is 0 Å². The van der Waals surface area contributed by atoms with Gasteiger partial charge >= 0.3 is 6.03 Å². The molecular formula is C17H16F2N2O2S. The Labute approximate surface area is 142 Å². The molecule has 0 fully saturated rings. The lowest BCUT2D eigenvalue weighted by atomic mass is 10.1. The van der Waals surface area contributed by atoms with Crippen LogP contribution in [0.5, 0.6) is 0 Å². The summed E-state index contributed by atoms with van der Waals surface area (Å²) in [5.74, 6) is -1.84. The number of benzene rings is 2. The number of carbonyl (C=O) groups is 2. The Morgan fingerprint density at radius 3 is 2.50 bits per heavy atom. The molecule has 0 radical (unpaired) electrons. The zero-order chi connectivity index (χ0) is 17.5. The zero-order valence-corrected chi connectivity index (χ0v) is 13.7. The molecule has 0 heterocycles. The number of hydrogen-bond donors (Lipinski definition) is 2. The normalized spacial score (nSPS) is 11.6. The van der Waals surface area contributed by atoms with E-state index in [0.29, 0.717) is 12.1 Å². The minimum Gasteiger partial charge on any atom is -0.338 e. The Bertz CT molecular complexity index is 726. The van der Waals surface area contributed by atoms with Crippen LogP contribution in [-0.2, 0) is 4.79 Å². The summed E-state index contributed by atoms with van der Waals surface area (Å²) in [5.41, 5.74) is 0.577.